The predicted octanol–water partition coefficient (Wildman–Crippen LogP) is 1.14. The van der Waals surface area contributed by atoms with Gasteiger partial charge in [0.2, 0.25) is 5.91 Å². The Morgan fingerprint density at radius 1 is 1.42 bits per heavy atom. The molecule has 2 rings (SSSR count). The van der Waals surface area contributed by atoms with E-state index >= 15 is 0 Å². The van der Waals surface area contributed by atoms with E-state index < -0.39 is 0 Å². The van der Waals surface area contributed by atoms with Gasteiger partial charge in [-0.1, -0.05) is 12.1 Å². The van der Waals surface area contributed by atoms with Crippen molar-refractivity contribution in [1.29, 1.82) is 0 Å². The van der Waals surface area contributed by atoms with Crippen LogP contribution in [0.25, 0.3) is 0 Å². The first-order valence-corrected chi connectivity index (χ1v) is 8.48. The van der Waals surface area contributed by atoms with Gasteiger partial charge >= 0.3 is 0 Å². The fourth-order valence-corrected chi connectivity index (χ4v) is 2.91. The van der Waals surface area contributed by atoms with Crippen molar-refractivity contribution in [2.75, 3.05) is 46.9 Å². The van der Waals surface area contributed by atoms with E-state index in [1.807, 2.05) is 21.0 Å². The molecule has 134 valence electrons. The van der Waals surface area contributed by atoms with Crippen molar-refractivity contribution in [2.24, 2.45) is 0 Å². The molecule has 5 nitrogen and oxygen atoms in total. The Morgan fingerprint density at radius 2 is 2.12 bits per heavy atom. The number of carbonyl (C=O) groups excluding carboxylic acids is 1. The van der Waals surface area contributed by atoms with Crippen LogP contribution in [0.2, 0.25) is 0 Å². The maximum atomic E-state index is 12.9. The molecule has 0 aliphatic carbocycles. The Bertz CT molecular complexity index is 522. The van der Waals surface area contributed by atoms with Gasteiger partial charge < -0.3 is 15.0 Å². The Morgan fingerprint density at radius 3 is 2.79 bits per heavy atom. The zero-order valence-electron chi connectivity index (χ0n) is 14.8. The molecule has 0 unspecified atom stereocenters. The molecular weight excluding hydrogens is 309 g/mol. The summed E-state index contributed by atoms with van der Waals surface area (Å²) in [7, 11) is 4.04. The third kappa shape index (κ3) is 5.85. The number of nitrogens with zero attached hydrogens (tertiary/aromatic N) is 2. The summed E-state index contributed by atoms with van der Waals surface area (Å²) in [5.41, 5.74) is 1.02. The van der Waals surface area contributed by atoms with Crippen LogP contribution in [0.1, 0.15) is 12.5 Å². The fourth-order valence-electron chi connectivity index (χ4n) is 2.91. The number of likely N-dealkylation sites (N-methyl/N-ethyl adjacent to an activating group) is 1. The number of halogens is 1. The molecule has 1 aromatic rings. The standard InChI is InChI=1S/C18H28FN3O2/c1-14(22-10-11-24-17(13-22)12-21(2)3)18(23)20-9-8-15-4-6-16(19)7-5-15/h4-7,14,17H,8-13H2,1-3H3,(H,20,23)/t14-,17+/m1/s1. The highest BCUT2D eigenvalue weighted by atomic mass is 19.1. The highest BCUT2D eigenvalue weighted by Gasteiger charge is 2.27. The Kier molecular flexibility index (Phi) is 7.15. The summed E-state index contributed by atoms with van der Waals surface area (Å²) in [6.07, 6.45) is 0.841. The minimum atomic E-state index is -0.240. The highest BCUT2D eigenvalue weighted by molar-refractivity contribution is 5.81. The lowest BCUT2D eigenvalue weighted by atomic mass is 10.1. The first-order chi connectivity index (χ1) is 11.5. The van der Waals surface area contributed by atoms with Crippen molar-refractivity contribution in [1.82, 2.24) is 15.1 Å². The number of carbonyl (C=O) groups is 1. The molecule has 0 aromatic heterocycles. The summed E-state index contributed by atoms with van der Waals surface area (Å²) in [6, 6.07) is 6.21. The van der Waals surface area contributed by atoms with Gasteiger partial charge in [0.25, 0.3) is 0 Å². The first-order valence-electron chi connectivity index (χ1n) is 8.48. The van der Waals surface area contributed by atoms with Gasteiger partial charge in [0.1, 0.15) is 5.82 Å². The highest BCUT2D eigenvalue weighted by Crippen LogP contribution is 2.10. The van der Waals surface area contributed by atoms with E-state index in [0.717, 1.165) is 25.2 Å². The third-order valence-electron chi connectivity index (χ3n) is 4.29. The first kappa shape index (κ1) is 18.8. The fraction of sp³-hybridized carbons (Fsp3) is 0.611. The van der Waals surface area contributed by atoms with E-state index in [-0.39, 0.29) is 23.9 Å². The monoisotopic (exact) mass is 337 g/mol. The average molecular weight is 337 g/mol. The van der Waals surface area contributed by atoms with Gasteiger partial charge in [-0.3, -0.25) is 9.69 Å². The molecule has 1 amide bonds. The summed E-state index contributed by atoms with van der Waals surface area (Å²) in [5, 5.41) is 2.97. The van der Waals surface area contributed by atoms with Gasteiger partial charge in [-0.25, -0.2) is 4.39 Å². The van der Waals surface area contributed by atoms with Crippen LogP contribution in [-0.2, 0) is 16.0 Å². The molecule has 0 bridgehead atoms. The van der Waals surface area contributed by atoms with Gasteiger partial charge in [0.05, 0.1) is 18.8 Å². The molecule has 1 aromatic carbocycles. The molecule has 0 radical (unpaired) electrons. The zero-order valence-corrected chi connectivity index (χ0v) is 14.8. The van der Waals surface area contributed by atoms with Gasteiger partial charge in [-0.05, 0) is 45.1 Å². The Balaban J connectivity index is 1.75. The van der Waals surface area contributed by atoms with Gasteiger partial charge in [-0.15, -0.1) is 0 Å². The second-order valence-corrected chi connectivity index (χ2v) is 6.59. The molecular formula is C18H28FN3O2. The molecule has 1 N–H and O–H groups in total. The number of rotatable bonds is 7. The minimum absolute atomic E-state index is 0.0302. The predicted molar refractivity (Wildman–Crippen MR) is 92.4 cm³/mol. The van der Waals surface area contributed by atoms with Crippen LogP contribution in [-0.4, -0.2) is 74.7 Å². The molecule has 1 heterocycles. The average Bonchev–Trinajstić information content (AvgIpc) is 2.55. The molecule has 1 fully saturated rings. The van der Waals surface area contributed by atoms with Crippen LogP contribution in [0.15, 0.2) is 24.3 Å². The maximum Gasteiger partial charge on any atom is 0.237 e. The maximum absolute atomic E-state index is 12.9. The summed E-state index contributed by atoms with van der Waals surface area (Å²) in [4.78, 5) is 16.6. The van der Waals surface area contributed by atoms with Crippen LogP contribution in [0.5, 0.6) is 0 Å². The SMILES string of the molecule is C[C@H](C(=O)NCCc1ccc(F)cc1)N1CCO[C@@H](CN(C)C)C1. The van der Waals surface area contributed by atoms with Crippen molar-refractivity contribution in [3.8, 4) is 0 Å². The number of morpholine rings is 1. The van der Waals surface area contributed by atoms with E-state index in [1.165, 1.54) is 12.1 Å². The van der Waals surface area contributed by atoms with E-state index in [1.54, 1.807) is 12.1 Å². The smallest absolute Gasteiger partial charge is 0.237 e. The molecule has 2 atom stereocenters. The van der Waals surface area contributed by atoms with E-state index in [9.17, 15) is 9.18 Å². The van der Waals surface area contributed by atoms with E-state index in [2.05, 4.69) is 15.1 Å². The van der Waals surface area contributed by atoms with Crippen LogP contribution >= 0.6 is 0 Å². The lowest BCUT2D eigenvalue weighted by Gasteiger charge is -2.37. The summed E-state index contributed by atoms with van der Waals surface area (Å²) in [5.74, 6) is -0.210. The summed E-state index contributed by atoms with van der Waals surface area (Å²) < 4.78 is 18.6. The van der Waals surface area contributed by atoms with Crippen molar-refractivity contribution in [2.45, 2.75) is 25.5 Å². The normalized spacial score (nSPS) is 20.1. The van der Waals surface area contributed by atoms with Gasteiger partial charge in [0, 0.05) is 26.2 Å². The minimum Gasteiger partial charge on any atom is -0.374 e. The second kappa shape index (κ2) is 9.11. The Labute approximate surface area is 143 Å². The molecule has 0 saturated carbocycles. The number of benzene rings is 1. The van der Waals surface area contributed by atoms with E-state index in [4.69, 9.17) is 4.74 Å². The van der Waals surface area contributed by atoms with Crippen LogP contribution < -0.4 is 5.32 Å². The topological polar surface area (TPSA) is 44.8 Å². The molecule has 0 spiro atoms. The lowest BCUT2D eigenvalue weighted by molar-refractivity contribution is -0.129. The summed E-state index contributed by atoms with van der Waals surface area (Å²) in [6.45, 7) is 5.55. The van der Waals surface area contributed by atoms with Crippen molar-refractivity contribution >= 4 is 5.91 Å². The van der Waals surface area contributed by atoms with Crippen LogP contribution in [0.4, 0.5) is 4.39 Å². The number of ether oxygens (including phenoxy) is 1. The quantitative estimate of drug-likeness (QED) is 0.810. The lowest BCUT2D eigenvalue weighted by Crippen LogP contribution is -2.54. The number of hydrogen-bond acceptors (Lipinski definition) is 4. The molecule has 1 saturated heterocycles. The number of hydrogen-bond donors (Lipinski definition) is 1. The third-order valence-corrected chi connectivity index (χ3v) is 4.29. The van der Waals surface area contributed by atoms with Crippen molar-refractivity contribution in [3.63, 3.8) is 0 Å². The number of amides is 1. The summed E-state index contributed by atoms with van der Waals surface area (Å²) >= 11 is 0. The zero-order chi connectivity index (χ0) is 17.5. The van der Waals surface area contributed by atoms with Crippen molar-refractivity contribution in [3.05, 3.63) is 35.6 Å². The molecule has 1 aliphatic heterocycles. The van der Waals surface area contributed by atoms with Gasteiger partial charge in [0.15, 0.2) is 0 Å². The van der Waals surface area contributed by atoms with Crippen molar-refractivity contribution < 1.29 is 13.9 Å². The molecule has 24 heavy (non-hydrogen) atoms. The van der Waals surface area contributed by atoms with Crippen LogP contribution in [0, 0.1) is 5.82 Å². The van der Waals surface area contributed by atoms with E-state index in [0.29, 0.717) is 19.6 Å². The largest absolute Gasteiger partial charge is 0.374 e. The van der Waals surface area contributed by atoms with Gasteiger partial charge in [-0.2, -0.15) is 0 Å². The Hall–Kier alpha value is -1.50. The second-order valence-electron chi connectivity index (χ2n) is 6.59. The van der Waals surface area contributed by atoms with Crippen LogP contribution in [0.3, 0.4) is 0 Å². The molecule has 6 heteroatoms. The molecule has 1 aliphatic rings. The number of nitrogens with one attached hydrogen (secondary N) is 1.